The van der Waals surface area contributed by atoms with E-state index in [2.05, 4.69) is 25.8 Å². The van der Waals surface area contributed by atoms with Gasteiger partial charge in [-0.1, -0.05) is 0 Å². The van der Waals surface area contributed by atoms with Gasteiger partial charge >= 0.3 is 0 Å². The fourth-order valence-electron chi connectivity index (χ4n) is 4.06. The van der Waals surface area contributed by atoms with Crippen molar-refractivity contribution in [3.05, 3.63) is 36.3 Å². The van der Waals surface area contributed by atoms with E-state index in [-0.39, 0.29) is 0 Å². The summed E-state index contributed by atoms with van der Waals surface area (Å²) in [5.41, 5.74) is 1.97. The SMILES string of the molecule is Cc1cc(N2CCC(CN3CCCCC3=O)CC2)nc(-c2ccncc2)n1. The zero-order valence-corrected chi connectivity index (χ0v) is 16.0. The summed E-state index contributed by atoms with van der Waals surface area (Å²) >= 11 is 0. The minimum atomic E-state index is 0.345. The Morgan fingerprint density at radius 3 is 2.59 bits per heavy atom. The van der Waals surface area contributed by atoms with E-state index < -0.39 is 0 Å². The molecule has 2 fully saturated rings. The van der Waals surface area contributed by atoms with Crippen LogP contribution in [-0.4, -0.2) is 51.9 Å². The van der Waals surface area contributed by atoms with Crippen LogP contribution in [0.1, 0.15) is 37.8 Å². The number of aryl methyl sites for hydroxylation is 1. The van der Waals surface area contributed by atoms with Crippen LogP contribution in [0.4, 0.5) is 5.82 Å². The number of hydrogen-bond acceptors (Lipinski definition) is 5. The number of anilines is 1. The lowest BCUT2D eigenvalue weighted by molar-refractivity contribution is -0.134. The molecule has 2 aromatic heterocycles. The quantitative estimate of drug-likeness (QED) is 0.833. The van der Waals surface area contributed by atoms with E-state index >= 15 is 0 Å². The summed E-state index contributed by atoms with van der Waals surface area (Å²) < 4.78 is 0. The average molecular weight is 365 g/mol. The summed E-state index contributed by atoms with van der Waals surface area (Å²) in [5.74, 6) is 2.71. The van der Waals surface area contributed by atoms with Crippen molar-refractivity contribution in [3.8, 4) is 11.4 Å². The molecule has 2 saturated heterocycles. The molecule has 142 valence electrons. The fourth-order valence-corrected chi connectivity index (χ4v) is 4.06. The Bertz CT molecular complexity index is 786. The van der Waals surface area contributed by atoms with E-state index in [1.54, 1.807) is 12.4 Å². The van der Waals surface area contributed by atoms with Gasteiger partial charge in [0.15, 0.2) is 5.82 Å². The number of piperidine rings is 2. The highest BCUT2D eigenvalue weighted by Gasteiger charge is 2.26. The third kappa shape index (κ3) is 4.26. The standard InChI is InChI=1S/C21H27N5O/c1-16-14-19(24-21(23-16)18-5-9-22-10-6-18)25-12-7-17(8-13-25)15-26-11-3-2-4-20(26)27/h5-6,9-10,14,17H,2-4,7-8,11-13,15H2,1H3. The molecule has 4 heterocycles. The van der Waals surface area contributed by atoms with Crippen LogP contribution >= 0.6 is 0 Å². The largest absolute Gasteiger partial charge is 0.356 e. The Hall–Kier alpha value is -2.50. The van der Waals surface area contributed by atoms with Crippen LogP contribution < -0.4 is 4.90 Å². The number of carbonyl (C=O) groups is 1. The van der Waals surface area contributed by atoms with Crippen LogP contribution in [0.2, 0.25) is 0 Å². The molecule has 0 radical (unpaired) electrons. The van der Waals surface area contributed by atoms with Crippen LogP contribution in [0.25, 0.3) is 11.4 Å². The first kappa shape index (κ1) is 17.9. The molecule has 2 aliphatic heterocycles. The molecule has 4 rings (SSSR count). The van der Waals surface area contributed by atoms with Crippen molar-refractivity contribution in [2.75, 3.05) is 31.1 Å². The molecular weight excluding hydrogens is 338 g/mol. The first-order valence-electron chi connectivity index (χ1n) is 9.98. The minimum absolute atomic E-state index is 0.345. The Labute approximate surface area is 160 Å². The zero-order chi connectivity index (χ0) is 18.6. The Kier molecular flexibility index (Phi) is 5.32. The number of nitrogens with zero attached hydrogens (tertiary/aromatic N) is 5. The fraction of sp³-hybridized carbons (Fsp3) is 0.524. The van der Waals surface area contributed by atoms with Gasteiger partial charge in [-0.25, -0.2) is 9.97 Å². The number of aromatic nitrogens is 3. The number of carbonyl (C=O) groups excluding carboxylic acids is 1. The van der Waals surface area contributed by atoms with Gasteiger partial charge in [0.2, 0.25) is 5.91 Å². The molecule has 0 atom stereocenters. The summed E-state index contributed by atoms with van der Waals surface area (Å²) in [4.78, 5) is 30.0. The lowest BCUT2D eigenvalue weighted by Gasteiger charge is -2.36. The van der Waals surface area contributed by atoms with Gasteiger partial charge in [-0.05, 0) is 50.7 Å². The molecule has 0 unspecified atom stereocenters. The van der Waals surface area contributed by atoms with Gasteiger partial charge in [-0.15, -0.1) is 0 Å². The van der Waals surface area contributed by atoms with E-state index in [1.165, 1.54) is 0 Å². The van der Waals surface area contributed by atoms with Gasteiger partial charge in [0.05, 0.1) is 0 Å². The highest BCUT2D eigenvalue weighted by Crippen LogP contribution is 2.26. The molecule has 0 bridgehead atoms. The average Bonchev–Trinajstić information content (AvgIpc) is 2.70. The van der Waals surface area contributed by atoms with Crippen molar-refractivity contribution in [2.24, 2.45) is 5.92 Å². The minimum Gasteiger partial charge on any atom is -0.356 e. The predicted octanol–water partition coefficient (Wildman–Crippen LogP) is 3.08. The maximum Gasteiger partial charge on any atom is 0.222 e. The number of amides is 1. The Morgan fingerprint density at radius 2 is 1.85 bits per heavy atom. The maximum atomic E-state index is 12.1. The monoisotopic (exact) mass is 365 g/mol. The lowest BCUT2D eigenvalue weighted by Crippen LogP contribution is -2.43. The molecule has 2 aliphatic rings. The van der Waals surface area contributed by atoms with Crippen molar-refractivity contribution in [1.82, 2.24) is 19.9 Å². The lowest BCUT2D eigenvalue weighted by atomic mass is 9.95. The highest BCUT2D eigenvalue weighted by molar-refractivity contribution is 5.76. The van der Waals surface area contributed by atoms with Crippen molar-refractivity contribution < 1.29 is 4.79 Å². The highest BCUT2D eigenvalue weighted by atomic mass is 16.2. The first-order valence-corrected chi connectivity index (χ1v) is 9.98. The normalized spacial score (nSPS) is 18.8. The van der Waals surface area contributed by atoms with Crippen molar-refractivity contribution in [2.45, 2.75) is 39.0 Å². The molecule has 0 aliphatic carbocycles. The molecule has 6 nitrogen and oxygen atoms in total. The van der Waals surface area contributed by atoms with E-state index in [4.69, 9.17) is 4.98 Å². The molecule has 1 amide bonds. The molecule has 6 heteroatoms. The van der Waals surface area contributed by atoms with Crippen LogP contribution in [0.15, 0.2) is 30.6 Å². The topological polar surface area (TPSA) is 62.2 Å². The Morgan fingerprint density at radius 1 is 1.07 bits per heavy atom. The second-order valence-corrected chi connectivity index (χ2v) is 7.65. The van der Waals surface area contributed by atoms with Gasteiger partial charge in [-0.3, -0.25) is 9.78 Å². The number of hydrogen-bond donors (Lipinski definition) is 0. The molecule has 0 N–H and O–H groups in total. The third-order valence-corrected chi connectivity index (χ3v) is 5.62. The van der Waals surface area contributed by atoms with Crippen LogP contribution in [-0.2, 0) is 4.79 Å². The van der Waals surface area contributed by atoms with E-state index in [1.807, 2.05) is 19.1 Å². The molecular formula is C21H27N5O. The van der Waals surface area contributed by atoms with Crippen LogP contribution in [0.3, 0.4) is 0 Å². The number of likely N-dealkylation sites (tertiary alicyclic amines) is 1. The number of pyridine rings is 1. The zero-order valence-electron chi connectivity index (χ0n) is 16.0. The van der Waals surface area contributed by atoms with Crippen molar-refractivity contribution in [1.29, 1.82) is 0 Å². The van der Waals surface area contributed by atoms with E-state index in [0.29, 0.717) is 11.8 Å². The van der Waals surface area contributed by atoms with Gasteiger partial charge in [0, 0.05) is 62.3 Å². The molecule has 0 saturated carbocycles. The summed E-state index contributed by atoms with van der Waals surface area (Å²) in [5, 5.41) is 0. The molecule has 0 spiro atoms. The van der Waals surface area contributed by atoms with Gasteiger partial charge in [0.1, 0.15) is 5.82 Å². The van der Waals surface area contributed by atoms with Crippen molar-refractivity contribution >= 4 is 11.7 Å². The predicted molar refractivity (Wildman–Crippen MR) is 105 cm³/mol. The number of rotatable bonds is 4. The molecule has 2 aromatic rings. The van der Waals surface area contributed by atoms with E-state index in [9.17, 15) is 4.79 Å². The van der Waals surface area contributed by atoms with Crippen molar-refractivity contribution in [3.63, 3.8) is 0 Å². The summed E-state index contributed by atoms with van der Waals surface area (Å²) in [6.07, 6.45) is 8.71. The Balaban J connectivity index is 1.41. The second-order valence-electron chi connectivity index (χ2n) is 7.65. The van der Waals surface area contributed by atoms with Crippen LogP contribution in [0, 0.1) is 12.8 Å². The van der Waals surface area contributed by atoms with Gasteiger partial charge < -0.3 is 9.80 Å². The molecule has 27 heavy (non-hydrogen) atoms. The second kappa shape index (κ2) is 8.03. The molecule has 0 aromatic carbocycles. The summed E-state index contributed by atoms with van der Waals surface area (Å²) in [7, 11) is 0. The smallest absolute Gasteiger partial charge is 0.222 e. The van der Waals surface area contributed by atoms with Gasteiger partial charge in [-0.2, -0.15) is 0 Å². The maximum absolute atomic E-state index is 12.1. The summed E-state index contributed by atoms with van der Waals surface area (Å²) in [6.45, 7) is 5.86. The van der Waals surface area contributed by atoms with Gasteiger partial charge in [0.25, 0.3) is 0 Å². The summed E-state index contributed by atoms with van der Waals surface area (Å²) in [6, 6.07) is 5.96. The van der Waals surface area contributed by atoms with Crippen LogP contribution in [0.5, 0.6) is 0 Å². The first-order chi connectivity index (χ1) is 13.2. The van der Waals surface area contributed by atoms with E-state index in [0.717, 1.165) is 81.2 Å². The third-order valence-electron chi connectivity index (χ3n) is 5.62.